The third kappa shape index (κ3) is 5.44. The molecule has 2 fully saturated rings. The first-order valence-electron chi connectivity index (χ1n) is 10.1. The van der Waals surface area contributed by atoms with Crippen LogP contribution in [0.25, 0.3) is 0 Å². The van der Waals surface area contributed by atoms with Crippen molar-refractivity contribution in [2.75, 3.05) is 0 Å². The van der Waals surface area contributed by atoms with Gasteiger partial charge in [0.1, 0.15) is 6.10 Å². The zero-order chi connectivity index (χ0) is 21.9. The van der Waals surface area contributed by atoms with Gasteiger partial charge in [0.05, 0.1) is 6.10 Å². The van der Waals surface area contributed by atoms with E-state index in [0.29, 0.717) is 24.8 Å². The Morgan fingerprint density at radius 3 is 2.52 bits per heavy atom. The number of ether oxygens (including phenoxy) is 3. The fourth-order valence-corrected chi connectivity index (χ4v) is 3.57. The second-order valence-electron chi connectivity index (χ2n) is 8.31. The molecule has 1 heterocycles. The zero-order valence-corrected chi connectivity index (χ0v) is 18.2. The van der Waals surface area contributed by atoms with Crippen molar-refractivity contribution in [2.45, 2.75) is 84.7 Å². The number of epoxide rings is 1. The maximum atomic E-state index is 13.0. The predicted molar refractivity (Wildman–Crippen MR) is 109 cm³/mol. The monoisotopic (exact) mass is 404 g/mol. The Kier molecular flexibility index (Phi) is 7.22. The zero-order valence-electron chi connectivity index (χ0n) is 18.2. The van der Waals surface area contributed by atoms with Gasteiger partial charge in [-0.05, 0) is 46.1 Å². The van der Waals surface area contributed by atoms with E-state index in [1.54, 1.807) is 6.92 Å². The summed E-state index contributed by atoms with van der Waals surface area (Å²) < 4.78 is 16.7. The van der Waals surface area contributed by atoms with E-state index in [1.807, 2.05) is 33.8 Å². The van der Waals surface area contributed by atoms with E-state index in [-0.39, 0.29) is 11.9 Å². The maximum Gasteiger partial charge on any atom is 0.331 e. The van der Waals surface area contributed by atoms with Gasteiger partial charge in [0.2, 0.25) is 5.78 Å². The van der Waals surface area contributed by atoms with Gasteiger partial charge in [-0.1, -0.05) is 30.7 Å². The number of ketones is 1. The van der Waals surface area contributed by atoms with Gasteiger partial charge < -0.3 is 14.2 Å². The third-order valence-corrected chi connectivity index (χ3v) is 5.63. The molecule has 6 heteroatoms. The molecule has 1 saturated heterocycles. The summed E-state index contributed by atoms with van der Waals surface area (Å²) >= 11 is 0. The van der Waals surface area contributed by atoms with Crippen LogP contribution in [0.5, 0.6) is 0 Å². The van der Waals surface area contributed by atoms with Crippen LogP contribution in [0.3, 0.4) is 0 Å². The number of esters is 2. The number of hydrogen-bond donors (Lipinski definition) is 0. The van der Waals surface area contributed by atoms with Crippen molar-refractivity contribution in [3.63, 3.8) is 0 Å². The van der Waals surface area contributed by atoms with Crippen LogP contribution in [0.15, 0.2) is 35.5 Å². The van der Waals surface area contributed by atoms with Gasteiger partial charge in [0, 0.05) is 25.3 Å². The molecule has 0 spiro atoms. The van der Waals surface area contributed by atoms with Crippen molar-refractivity contribution in [3.05, 3.63) is 35.5 Å². The Morgan fingerprint density at radius 1 is 1.31 bits per heavy atom. The van der Waals surface area contributed by atoms with Crippen molar-refractivity contribution in [1.29, 1.82) is 0 Å². The number of Topliss-reactive ketones (excluding diaryl/α,β-unsaturated/α-hetero) is 1. The number of carbonyl (C=O) groups is 3. The Bertz CT molecular complexity index is 757. The van der Waals surface area contributed by atoms with Gasteiger partial charge in [0.15, 0.2) is 11.7 Å². The van der Waals surface area contributed by atoms with Crippen LogP contribution in [0, 0.1) is 5.92 Å². The lowest BCUT2D eigenvalue weighted by atomic mass is 9.74. The van der Waals surface area contributed by atoms with Crippen LogP contribution in [0.4, 0.5) is 0 Å². The predicted octanol–water partition coefficient (Wildman–Crippen LogP) is 3.85. The SMILES string of the molecule is C=C([C@H](CC=C(C)C)OC(C)=O)[C@H]1C[C@H]2O[C@@]2(C)C(=O)[C@@H]1OC(=O)C=C(C)CC. The van der Waals surface area contributed by atoms with E-state index in [2.05, 4.69) is 6.58 Å². The highest BCUT2D eigenvalue weighted by molar-refractivity contribution is 5.97. The molecule has 1 aliphatic carbocycles. The maximum absolute atomic E-state index is 13.0. The number of rotatable bonds is 8. The standard InChI is InChI=1S/C23H32O6/c1-8-14(4)11-20(25)28-21-17(12-19-23(7,29-19)22(21)26)15(5)18(27-16(6)24)10-9-13(2)3/h9,11,17-19,21H,5,8,10,12H2,1-4,6-7H3/t17-,18+,19-,21-,23-/m1/s1. The number of fused-ring (bicyclic) bond motifs is 1. The lowest BCUT2D eigenvalue weighted by molar-refractivity contribution is -0.157. The topological polar surface area (TPSA) is 82.2 Å². The largest absolute Gasteiger partial charge is 0.458 e. The molecule has 2 rings (SSSR count). The summed E-state index contributed by atoms with van der Waals surface area (Å²) in [6, 6.07) is 0. The molecular weight excluding hydrogens is 372 g/mol. The van der Waals surface area contributed by atoms with Crippen LogP contribution in [-0.4, -0.2) is 41.6 Å². The van der Waals surface area contributed by atoms with Crippen molar-refractivity contribution >= 4 is 17.7 Å². The van der Waals surface area contributed by atoms with E-state index in [9.17, 15) is 14.4 Å². The minimum Gasteiger partial charge on any atom is -0.458 e. The Hall–Kier alpha value is -2.21. The second-order valence-corrected chi connectivity index (χ2v) is 8.31. The number of hydrogen-bond acceptors (Lipinski definition) is 6. The first kappa shape index (κ1) is 23.1. The number of allylic oxidation sites excluding steroid dienone is 2. The molecule has 1 saturated carbocycles. The Balaban J connectivity index is 2.28. The smallest absolute Gasteiger partial charge is 0.331 e. The molecule has 0 unspecified atom stereocenters. The fraction of sp³-hybridized carbons (Fsp3) is 0.609. The minimum absolute atomic E-state index is 0.235. The highest BCUT2D eigenvalue weighted by atomic mass is 16.6. The first-order chi connectivity index (χ1) is 13.5. The Labute approximate surface area is 173 Å². The summed E-state index contributed by atoms with van der Waals surface area (Å²) in [5.41, 5.74) is 1.59. The minimum atomic E-state index is -1.01. The van der Waals surface area contributed by atoms with E-state index in [1.165, 1.54) is 13.0 Å². The average Bonchev–Trinajstić information content (AvgIpc) is 3.31. The molecule has 1 aliphatic heterocycles. The molecular formula is C23H32O6. The van der Waals surface area contributed by atoms with Crippen molar-refractivity contribution < 1.29 is 28.6 Å². The van der Waals surface area contributed by atoms with E-state index in [4.69, 9.17) is 14.2 Å². The second kappa shape index (κ2) is 9.08. The molecule has 2 aliphatic rings. The number of carbonyl (C=O) groups excluding carboxylic acids is 3. The fourth-order valence-electron chi connectivity index (χ4n) is 3.57. The summed E-state index contributed by atoms with van der Waals surface area (Å²) in [6.07, 6.45) is 3.16. The average molecular weight is 405 g/mol. The molecule has 0 aromatic heterocycles. The quantitative estimate of drug-likeness (QED) is 0.265. The Morgan fingerprint density at radius 2 is 1.97 bits per heavy atom. The highest BCUT2D eigenvalue weighted by Gasteiger charge is 2.66. The van der Waals surface area contributed by atoms with Crippen LogP contribution in [0.2, 0.25) is 0 Å². The highest BCUT2D eigenvalue weighted by Crippen LogP contribution is 2.50. The molecule has 0 N–H and O–H groups in total. The van der Waals surface area contributed by atoms with Gasteiger partial charge in [-0.25, -0.2) is 4.79 Å². The normalized spacial score (nSPS) is 29.4. The summed E-state index contributed by atoms with van der Waals surface area (Å²) in [7, 11) is 0. The molecule has 0 amide bonds. The molecule has 6 nitrogen and oxygen atoms in total. The van der Waals surface area contributed by atoms with Gasteiger partial charge in [0.25, 0.3) is 0 Å². The molecule has 0 aromatic rings. The van der Waals surface area contributed by atoms with Gasteiger partial charge in [-0.2, -0.15) is 0 Å². The van der Waals surface area contributed by atoms with E-state index in [0.717, 1.165) is 11.1 Å². The van der Waals surface area contributed by atoms with Crippen LogP contribution in [-0.2, 0) is 28.6 Å². The lowest BCUT2D eigenvalue weighted by Gasteiger charge is -2.34. The molecule has 5 atom stereocenters. The summed E-state index contributed by atoms with van der Waals surface area (Å²) in [5.74, 6) is -1.73. The van der Waals surface area contributed by atoms with Crippen molar-refractivity contribution in [2.24, 2.45) is 5.92 Å². The lowest BCUT2D eigenvalue weighted by Crippen LogP contribution is -2.48. The van der Waals surface area contributed by atoms with Gasteiger partial charge in [-0.15, -0.1) is 0 Å². The summed E-state index contributed by atoms with van der Waals surface area (Å²) in [6.45, 7) is 14.9. The van der Waals surface area contributed by atoms with Gasteiger partial charge >= 0.3 is 11.9 Å². The molecule has 160 valence electrons. The molecule has 0 aromatic carbocycles. The van der Waals surface area contributed by atoms with Crippen molar-refractivity contribution in [3.8, 4) is 0 Å². The van der Waals surface area contributed by atoms with Crippen LogP contribution < -0.4 is 0 Å². The van der Waals surface area contributed by atoms with Crippen molar-refractivity contribution in [1.82, 2.24) is 0 Å². The first-order valence-corrected chi connectivity index (χ1v) is 10.1. The molecule has 0 bridgehead atoms. The molecule has 0 radical (unpaired) electrons. The summed E-state index contributed by atoms with van der Waals surface area (Å²) in [4.78, 5) is 37.0. The van der Waals surface area contributed by atoms with Crippen LogP contribution in [0.1, 0.15) is 60.8 Å². The van der Waals surface area contributed by atoms with E-state index < -0.39 is 35.7 Å². The van der Waals surface area contributed by atoms with Gasteiger partial charge in [-0.3, -0.25) is 9.59 Å². The third-order valence-electron chi connectivity index (χ3n) is 5.63. The summed E-state index contributed by atoms with van der Waals surface area (Å²) in [5, 5.41) is 0. The van der Waals surface area contributed by atoms with E-state index >= 15 is 0 Å². The van der Waals surface area contributed by atoms with Crippen LogP contribution >= 0.6 is 0 Å². The molecule has 29 heavy (non-hydrogen) atoms.